The Morgan fingerprint density at radius 2 is 1.78 bits per heavy atom. The number of anilines is 1. The van der Waals surface area contributed by atoms with Gasteiger partial charge in [-0.1, -0.05) is 0 Å². The van der Waals surface area contributed by atoms with Gasteiger partial charge in [-0.15, -0.1) is 0 Å². The highest BCUT2D eigenvalue weighted by Gasteiger charge is 2.24. The molecular weight excluding hydrogens is 302 g/mol. The number of aromatic carboxylic acids is 1. The Morgan fingerprint density at radius 3 is 2.35 bits per heavy atom. The second-order valence-electron chi connectivity index (χ2n) is 4.59. The van der Waals surface area contributed by atoms with Crippen LogP contribution in [0.1, 0.15) is 27.6 Å². The summed E-state index contributed by atoms with van der Waals surface area (Å²) >= 11 is 0. The Morgan fingerprint density at radius 1 is 1.13 bits per heavy atom. The van der Waals surface area contributed by atoms with Crippen molar-refractivity contribution in [3.05, 3.63) is 41.9 Å². The summed E-state index contributed by atoms with van der Waals surface area (Å²) in [6, 6.07) is 5.03. The second kappa shape index (κ2) is 6.87. The Hall–Kier alpha value is -2.96. The molecule has 0 aliphatic heterocycles. The van der Waals surface area contributed by atoms with Crippen LogP contribution in [0.25, 0.3) is 0 Å². The van der Waals surface area contributed by atoms with Gasteiger partial charge in [-0.3, -0.25) is 4.79 Å². The number of amides is 1. The first-order valence-electron chi connectivity index (χ1n) is 6.86. The molecule has 23 heavy (non-hydrogen) atoms. The Bertz CT molecular complexity index is 721. The highest BCUT2D eigenvalue weighted by atomic mass is 16.5. The summed E-state index contributed by atoms with van der Waals surface area (Å²) < 4.78 is 15.3. The van der Waals surface area contributed by atoms with Gasteiger partial charge in [-0.25, -0.2) is 4.79 Å². The van der Waals surface area contributed by atoms with Crippen LogP contribution >= 0.6 is 0 Å². The van der Waals surface area contributed by atoms with E-state index in [9.17, 15) is 9.59 Å². The third-order valence-corrected chi connectivity index (χ3v) is 3.36. The largest absolute Gasteiger partial charge is 0.493 e. The van der Waals surface area contributed by atoms with Crippen LogP contribution < -0.4 is 14.4 Å². The van der Waals surface area contributed by atoms with Gasteiger partial charge < -0.3 is 23.9 Å². The molecule has 1 heterocycles. The average Bonchev–Trinajstić information content (AvgIpc) is 3.05. The third kappa shape index (κ3) is 3.13. The van der Waals surface area contributed by atoms with Gasteiger partial charge in [0, 0.05) is 18.3 Å². The topological polar surface area (TPSA) is 89.2 Å². The van der Waals surface area contributed by atoms with Gasteiger partial charge in [-0.2, -0.15) is 0 Å². The lowest BCUT2D eigenvalue weighted by Gasteiger charge is -2.22. The van der Waals surface area contributed by atoms with Crippen LogP contribution in [0.2, 0.25) is 0 Å². The van der Waals surface area contributed by atoms with Gasteiger partial charge in [0.15, 0.2) is 11.5 Å². The van der Waals surface area contributed by atoms with Gasteiger partial charge in [0.05, 0.1) is 19.8 Å². The molecule has 0 saturated carbocycles. The van der Waals surface area contributed by atoms with Crippen LogP contribution in [0.5, 0.6) is 11.5 Å². The molecule has 0 fully saturated rings. The maximum atomic E-state index is 12.6. The van der Waals surface area contributed by atoms with E-state index in [1.165, 1.54) is 19.1 Å². The van der Waals surface area contributed by atoms with Crippen LogP contribution in [0.15, 0.2) is 35.1 Å². The fourth-order valence-electron chi connectivity index (χ4n) is 2.21. The van der Waals surface area contributed by atoms with E-state index in [-0.39, 0.29) is 11.1 Å². The van der Waals surface area contributed by atoms with Gasteiger partial charge >= 0.3 is 5.97 Å². The molecule has 122 valence electrons. The number of rotatable bonds is 6. The minimum atomic E-state index is -1.22. The summed E-state index contributed by atoms with van der Waals surface area (Å²) in [5.41, 5.74) is 0.385. The molecule has 7 heteroatoms. The maximum absolute atomic E-state index is 12.6. The molecule has 0 atom stereocenters. The molecule has 0 aliphatic carbocycles. The van der Waals surface area contributed by atoms with Crippen molar-refractivity contribution in [3.8, 4) is 11.5 Å². The normalized spacial score (nSPS) is 10.2. The summed E-state index contributed by atoms with van der Waals surface area (Å²) in [6.07, 6.45) is 2.17. The molecule has 0 bridgehead atoms. The number of benzene rings is 1. The summed E-state index contributed by atoms with van der Waals surface area (Å²) in [5.74, 6) is -0.674. The lowest BCUT2D eigenvalue weighted by Crippen LogP contribution is -2.31. The van der Waals surface area contributed by atoms with Crippen LogP contribution in [-0.4, -0.2) is 37.7 Å². The first-order valence-corrected chi connectivity index (χ1v) is 6.86. The Kier molecular flexibility index (Phi) is 4.90. The van der Waals surface area contributed by atoms with E-state index in [1.807, 2.05) is 0 Å². The first-order chi connectivity index (χ1) is 11.0. The van der Waals surface area contributed by atoms with Gasteiger partial charge in [0.25, 0.3) is 5.91 Å². The van der Waals surface area contributed by atoms with E-state index in [1.54, 1.807) is 25.1 Å². The summed E-state index contributed by atoms with van der Waals surface area (Å²) in [6.45, 7) is 2.13. The molecule has 0 unspecified atom stereocenters. The van der Waals surface area contributed by atoms with E-state index in [2.05, 4.69) is 0 Å². The number of furan rings is 1. The van der Waals surface area contributed by atoms with E-state index < -0.39 is 11.9 Å². The summed E-state index contributed by atoms with van der Waals surface area (Å²) in [7, 11) is 3.02. The number of carboxylic acid groups (broad SMARTS) is 1. The summed E-state index contributed by atoms with van der Waals surface area (Å²) in [5, 5.41) is 9.11. The van der Waals surface area contributed by atoms with Crippen molar-refractivity contribution < 1.29 is 28.6 Å². The number of hydrogen-bond acceptors (Lipinski definition) is 5. The second-order valence-corrected chi connectivity index (χ2v) is 4.59. The molecule has 0 aliphatic rings. The van der Waals surface area contributed by atoms with Crippen molar-refractivity contribution in [3.63, 3.8) is 0 Å². The predicted molar refractivity (Wildman–Crippen MR) is 82.6 cm³/mol. The van der Waals surface area contributed by atoms with E-state index in [0.29, 0.717) is 23.7 Å². The van der Waals surface area contributed by atoms with Crippen LogP contribution in [0.3, 0.4) is 0 Å². The fraction of sp³-hybridized carbons (Fsp3) is 0.250. The lowest BCUT2D eigenvalue weighted by molar-refractivity contribution is 0.0691. The molecule has 0 radical (unpaired) electrons. The maximum Gasteiger partial charge on any atom is 0.339 e. The van der Waals surface area contributed by atoms with Crippen molar-refractivity contribution in [1.82, 2.24) is 0 Å². The smallest absolute Gasteiger partial charge is 0.339 e. The molecule has 2 rings (SSSR count). The molecule has 1 amide bonds. The molecule has 0 saturated heterocycles. The number of carbonyl (C=O) groups excluding carboxylic acids is 1. The third-order valence-electron chi connectivity index (χ3n) is 3.36. The zero-order valence-electron chi connectivity index (χ0n) is 13.0. The van der Waals surface area contributed by atoms with Crippen molar-refractivity contribution in [2.75, 3.05) is 25.7 Å². The monoisotopic (exact) mass is 319 g/mol. The SMILES string of the molecule is CCN(C(=O)c1cocc1C(=O)O)c1ccc(OC)c(OC)c1. The zero-order chi connectivity index (χ0) is 17.0. The number of ether oxygens (including phenoxy) is 2. The molecule has 1 N–H and O–H groups in total. The minimum Gasteiger partial charge on any atom is -0.493 e. The number of hydrogen-bond donors (Lipinski definition) is 1. The molecule has 7 nitrogen and oxygen atoms in total. The summed E-state index contributed by atoms with van der Waals surface area (Å²) in [4.78, 5) is 25.2. The minimum absolute atomic E-state index is 0.00543. The number of carbonyl (C=O) groups is 2. The van der Waals surface area contributed by atoms with Crippen molar-refractivity contribution in [2.24, 2.45) is 0 Å². The van der Waals surface area contributed by atoms with Crippen molar-refractivity contribution in [1.29, 1.82) is 0 Å². The van der Waals surface area contributed by atoms with Crippen LogP contribution in [0, 0.1) is 0 Å². The lowest BCUT2D eigenvalue weighted by atomic mass is 10.1. The molecule has 1 aromatic carbocycles. The fourth-order valence-corrected chi connectivity index (χ4v) is 2.21. The molecule has 1 aromatic heterocycles. The van der Waals surface area contributed by atoms with Gasteiger partial charge in [0.1, 0.15) is 18.1 Å². The first kappa shape index (κ1) is 16.4. The predicted octanol–water partition coefficient (Wildman–Crippen LogP) is 2.66. The zero-order valence-corrected chi connectivity index (χ0v) is 13.0. The van der Waals surface area contributed by atoms with Crippen molar-refractivity contribution >= 4 is 17.6 Å². The highest BCUT2D eigenvalue weighted by molar-refractivity contribution is 6.11. The Labute approximate surface area is 133 Å². The standard InChI is InChI=1S/C16H17NO6/c1-4-17(10-5-6-13(21-2)14(7-10)22-3)15(18)11-8-23-9-12(11)16(19)20/h5-9H,4H2,1-3H3,(H,19,20). The number of nitrogens with zero attached hydrogens (tertiary/aromatic N) is 1. The van der Waals surface area contributed by atoms with Gasteiger partial charge in [-0.05, 0) is 19.1 Å². The van der Waals surface area contributed by atoms with E-state index in [4.69, 9.17) is 19.0 Å². The van der Waals surface area contributed by atoms with E-state index >= 15 is 0 Å². The molecule has 2 aromatic rings. The number of methoxy groups -OCH3 is 2. The Balaban J connectivity index is 2.41. The van der Waals surface area contributed by atoms with Crippen LogP contribution in [-0.2, 0) is 0 Å². The van der Waals surface area contributed by atoms with Crippen LogP contribution in [0.4, 0.5) is 5.69 Å². The van der Waals surface area contributed by atoms with E-state index in [0.717, 1.165) is 12.5 Å². The highest BCUT2D eigenvalue weighted by Crippen LogP contribution is 2.32. The van der Waals surface area contributed by atoms with Crippen molar-refractivity contribution in [2.45, 2.75) is 6.92 Å². The molecule has 0 spiro atoms. The number of carboxylic acids is 1. The molecular formula is C16H17NO6. The quantitative estimate of drug-likeness (QED) is 0.880. The van der Waals surface area contributed by atoms with Gasteiger partial charge in [0.2, 0.25) is 0 Å². The average molecular weight is 319 g/mol.